The maximum absolute atomic E-state index is 14.1. The number of carbonyl (C=O) groups is 4. The molecule has 0 unspecified atom stereocenters. The highest BCUT2D eigenvalue weighted by Gasteiger charge is 2.49. The van der Waals surface area contributed by atoms with Gasteiger partial charge in [0.2, 0.25) is 5.91 Å². The summed E-state index contributed by atoms with van der Waals surface area (Å²) in [5.74, 6) is -1.87. The summed E-state index contributed by atoms with van der Waals surface area (Å²) < 4.78 is -0.633. The lowest BCUT2D eigenvalue weighted by molar-refractivity contribution is -0.147. The SMILES string of the molecule is Cc1ccccc1CNC(=O)[C@H]1N(C(=O)[C@@H](O)[C@H](Cc2ccccc2)NC(=O)c2ccccc2C(=O)NCc2ccncc2)CSC1(C)C. The van der Waals surface area contributed by atoms with Gasteiger partial charge < -0.3 is 26.0 Å². The fourth-order valence-electron chi connectivity index (χ4n) is 5.86. The fraction of sp³-hybridized carbons (Fsp3) is 0.289. The van der Waals surface area contributed by atoms with Crippen LogP contribution < -0.4 is 16.0 Å². The summed E-state index contributed by atoms with van der Waals surface area (Å²) in [4.78, 5) is 60.1. The summed E-state index contributed by atoms with van der Waals surface area (Å²) in [5, 5.41) is 20.3. The van der Waals surface area contributed by atoms with Gasteiger partial charge in [0.25, 0.3) is 17.7 Å². The highest BCUT2D eigenvalue weighted by atomic mass is 32.2. The number of carbonyl (C=O) groups excluding carboxylic acids is 4. The lowest BCUT2D eigenvalue weighted by atomic mass is 9.96. The monoisotopic (exact) mass is 679 g/mol. The van der Waals surface area contributed by atoms with E-state index in [-0.39, 0.29) is 35.9 Å². The van der Waals surface area contributed by atoms with E-state index in [2.05, 4.69) is 20.9 Å². The molecule has 254 valence electrons. The van der Waals surface area contributed by atoms with E-state index in [9.17, 15) is 24.3 Å². The minimum atomic E-state index is -1.68. The number of nitrogens with one attached hydrogen (secondary N) is 3. The minimum Gasteiger partial charge on any atom is -0.381 e. The number of aryl methyl sites for hydroxylation is 1. The minimum absolute atomic E-state index is 0.0961. The number of nitrogens with zero attached hydrogens (tertiary/aromatic N) is 2. The molecular weight excluding hydrogens is 639 g/mol. The molecule has 0 radical (unpaired) electrons. The van der Waals surface area contributed by atoms with Crippen molar-refractivity contribution in [3.63, 3.8) is 0 Å². The number of rotatable bonds is 12. The average molecular weight is 680 g/mol. The molecule has 1 fully saturated rings. The molecule has 10 nitrogen and oxygen atoms in total. The molecule has 11 heteroatoms. The van der Waals surface area contributed by atoms with Gasteiger partial charge in [-0.2, -0.15) is 0 Å². The smallest absolute Gasteiger partial charge is 0.254 e. The predicted molar refractivity (Wildman–Crippen MR) is 189 cm³/mol. The number of aliphatic hydroxyl groups is 1. The third kappa shape index (κ3) is 8.73. The number of amides is 4. The maximum atomic E-state index is 14.1. The van der Waals surface area contributed by atoms with Crippen molar-refractivity contribution < 1.29 is 24.3 Å². The largest absolute Gasteiger partial charge is 0.381 e. The summed E-state index contributed by atoms with van der Waals surface area (Å²) in [5.41, 5.74) is 3.88. The lowest BCUT2D eigenvalue weighted by Gasteiger charge is -2.33. The number of hydrogen-bond acceptors (Lipinski definition) is 7. The molecule has 1 aromatic heterocycles. The second kappa shape index (κ2) is 15.9. The molecule has 49 heavy (non-hydrogen) atoms. The van der Waals surface area contributed by atoms with Crippen molar-refractivity contribution >= 4 is 35.4 Å². The van der Waals surface area contributed by atoms with E-state index in [1.54, 1.807) is 42.7 Å². The zero-order chi connectivity index (χ0) is 35.0. The molecule has 1 aliphatic heterocycles. The maximum Gasteiger partial charge on any atom is 0.254 e. The quantitative estimate of drug-likeness (QED) is 0.177. The van der Waals surface area contributed by atoms with Gasteiger partial charge in [0.1, 0.15) is 6.04 Å². The van der Waals surface area contributed by atoms with Gasteiger partial charge in [-0.3, -0.25) is 24.2 Å². The Morgan fingerprint density at radius 1 is 0.837 bits per heavy atom. The van der Waals surface area contributed by atoms with Crippen LogP contribution in [0.2, 0.25) is 0 Å². The molecule has 0 aliphatic carbocycles. The molecule has 4 aromatic rings. The Kier molecular flexibility index (Phi) is 11.5. The molecule has 5 rings (SSSR count). The number of aromatic nitrogens is 1. The number of pyridine rings is 1. The topological polar surface area (TPSA) is 141 Å². The first kappa shape index (κ1) is 35.3. The number of thioether (sulfide) groups is 1. The van der Waals surface area contributed by atoms with Crippen LogP contribution in [0.5, 0.6) is 0 Å². The van der Waals surface area contributed by atoms with Crippen LogP contribution in [0.4, 0.5) is 0 Å². The lowest BCUT2D eigenvalue weighted by Crippen LogP contribution is -2.58. The van der Waals surface area contributed by atoms with E-state index < -0.39 is 40.7 Å². The molecule has 3 aromatic carbocycles. The summed E-state index contributed by atoms with van der Waals surface area (Å²) in [7, 11) is 0. The number of hydrogen-bond donors (Lipinski definition) is 4. The molecule has 4 amide bonds. The average Bonchev–Trinajstić information content (AvgIpc) is 3.44. The predicted octanol–water partition coefficient (Wildman–Crippen LogP) is 4.02. The van der Waals surface area contributed by atoms with Crippen LogP contribution in [-0.2, 0) is 29.1 Å². The third-order valence-corrected chi connectivity index (χ3v) is 10.0. The highest BCUT2D eigenvalue weighted by molar-refractivity contribution is 8.00. The van der Waals surface area contributed by atoms with Crippen LogP contribution in [0.15, 0.2) is 103 Å². The molecule has 2 heterocycles. The van der Waals surface area contributed by atoms with Gasteiger partial charge in [-0.15, -0.1) is 11.8 Å². The third-order valence-electron chi connectivity index (χ3n) is 8.66. The Balaban J connectivity index is 1.35. The van der Waals surface area contributed by atoms with Crippen molar-refractivity contribution in [3.05, 3.63) is 137 Å². The number of benzene rings is 3. The Bertz CT molecular complexity index is 1790. The zero-order valence-corrected chi connectivity index (χ0v) is 28.6. The first-order chi connectivity index (χ1) is 23.5. The molecule has 4 N–H and O–H groups in total. The van der Waals surface area contributed by atoms with Crippen molar-refractivity contribution in [2.24, 2.45) is 0 Å². The molecule has 3 atom stereocenters. The van der Waals surface area contributed by atoms with Crippen molar-refractivity contribution in [1.29, 1.82) is 0 Å². The van der Waals surface area contributed by atoms with Gasteiger partial charge >= 0.3 is 0 Å². The standard InChI is InChI=1S/C38H41N5O5S/c1-25-11-7-8-14-28(25)23-41-36(47)33-38(2,3)49-24-43(33)37(48)32(44)31(21-26-12-5-4-6-13-26)42-35(46)30-16-10-9-15-29(30)34(45)40-22-27-17-19-39-20-18-27/h4-20,31-33,44H,21-24H2,1-3H3,(H,40,45)(H,41,47)(H,42,46)/t31-,32-,33+/m0/s1. The van der Waals surface area contributed by atoms with Gasteiger partial charge in [0, 0.05) is 30.2 Å². The normalized spacial score (nSPS) is 16.3. The van der Waals surface area contributed by atoms with Crippen molar-refractivity contribution in [3.8, 4) is 0 Å². The van der Waals surface area contributed by atoms with E-state index in [1.165, 1.54) is 22.7 Å². The second-order valence-electron chi connectivity index (χ2n) is 12.5. The van der Waals surface area contributed by atoms with Crippen molar-refractivity contribution in [2.45, 2.75) is 63.2 Å². The van der Waals surface area contributed by atoms with E-state index in [1.807, 2.05) is 75.4 Å². The highest BCUT2D eigenvalue weighted by Crippen LogP contribution is 2.40. The molecule has 1 aliphatic rings. The molecular formula is C38H41N5O5S. The van der Waals surface area contributed by atoms with Crippen LogP contribution in [0.25, 0.3) is 0 Å². The Morgan fingerprint density at radius 2 is 1.47 bits per heavy atom. The molecule has 1 saturated heterocycles. The van der Waals surface area contributed by atoms with E-state index in [4.69, 9.17) is 0 Å². The first-order valence-corrected chi connectivity index (χ1v) is 17.1. The summed E-state index contributed by atoms with van der Waals surface area (Å²) >= 11 is 1.45. The van der Waals surface area contributed by atoms with Crippen LogP contribution >= 0.6 is 11.8 Å². The van der Waals surface area contributed by atoms with E-state index in [0.29, 0.717) is 6.54 Å². The summed E-state index contributed by atoms with van der Waals surface area (Å²) in [6.07, 6.45) is 1.71. The van der Waals surface area contributed by atoms with Crippen molar-refractivity contribution in [1.82, 2.24) is 25.8 Å². The van der Waals surface area contributed by atoms with Gasteiger partial charge in [-0.25, -0.2) is 0 Å². The van der Waals surface area contributed by atoms with E-state index >= 15 is 0 Å². The van der Waals surface area contributed by atoms with E-state index in [0.717, 1.165) is 22.3 Å². The van der Waals surface area contributed by atoms with Crippen LogP contribution in [0.3, 0.4) is 0 Å². The van der Waals surface area contributed by atoms with Crippen LogP contribution in [0.1, 0.15) is 56.8 Å². The van der Waals surface area contributed by atoms with Crippen LogP contribution in [-0.4, -0.2) is 67.4 Å². The van der Waals surface area contributed by atoms with Crippen molar-refractivity contribution in [2.75, 3.05) is 5.88 Å². The Morgan fingerprint density at radius 3 is 2.16 bits per heavy atom. The summed E-state index contributed by atoms with van der Waals surface area (Å²) in [6.45, 7) is 6.31. The second-order valence-corrected chi connectivity index (χ2v) is 14.1. The molecule has 0 saturated carbocycles. The fourth-order valence-corrected chi connectivity index (χ4v) is 7.00. The van der Waals surface area contributed by atoms with Crippen LogP contribution in [0, 0.1) is 6.92 Å². The molecule has 0 spiro atoms. The Labute approximate surface area is 290 Å². The zero-order valence-electron chi connectivity index (χ0n) is 27.8. The van der Waals surface area contributed by atoms with Gasteiger partial charge in [0.05, 0.1) is 23.0 Å². The number of aliphatic hydroxyl groups excluding tert-OH is 1. The van der Waals surface area contributed by atoms with Gasteiger partial charge in [0.15, 0.2) is 6.10 Å². The summed E-state index contributed by atoms with van der Waals surface area (Å²) in [6, 6.07) is 25.0. The van der Waals surface area contributed by atoms with Gasteiger partial charge in [-0.1, -0.05) is 66.7 Å². The molecule has 0 bridgehead atoms. The van der Waals surface area contributed by atoms with Gasteiger partial charge in [-0.05, 0) is 73.7 Å². The first-order valence-electron chi connectivity index (χ1n) is 16.1. The Hall–Kier alpha value is -5.00.